The first-order chi connectivity index (χ1) is 28.3. The average molecular weight is 746 g/mol. The average Bonchev–Trinajstić information content (AvgIpc) is 3.87. The fourth-order valence-corrected chi connectivity index (χ4v) is 9.72. The molecule has 0 atom stereocenters. The molecule has 2 heterocycles. The number of nitrogens with zero attached hydrogens (tertiary/aromatic N) is 1. The quantitative estimate of drug-likeness (QED) is 0.162. The van der Waals surface area contributed by atoms with E-state index < -0.39 is 0 Å². The fraction of sp³-hybridized carbons (Fsp3) is 0. The first-order valence-electron chi connectivity index (χ1n) is 19.3. The summed E-state index contributed by atoms with van der Waals surface area (Å²) in [5.74, 6) is 0. The second-order valence-electron chi connectivity index (χ2n) is 14.4. The first-order valence-corrected chi connectivity index (χ1v) is 20.2. The number of fused-ring (bicyclic) bond motifs is 6. The van der Waals surface area contributed by atoms with Gasteiger partial charge in [-0.1, -0.05) is 176 Å². The minimum absolute atomic E-state index is 0.905. The van der Waals surface area contributed by atoms with Crippen molar-refractivity contribution in [3.8, 4) is 44.5 Å². The van der Waals surface area contributed by atoms with E-state index in [2.05, 4.69) is 205 Å². The van der Waals surface area contributed by atoms with E-state index in [-0.39, 0.29) is 0 Å². The van der Waals surface area contributed by atoms with Crippen molar-refractivity contribution in [1.29, 1.82) is 0 Å². The van der Waals surface area contributed by atoms with Crippen molar-refractivity contribution < 1.29 is 4.42 Å². The van der Waals surface area contributed by atoms with Gasteiger partial charge in [0.15, 0.2) is 0 Å². The summed E-state index contributed by atoms with van der Waals surface area (Å²) in [6.07, 6.45) is 0. The van der Waals surface area contributed by atoms with Gasteiger partial charge in [-0.25, -0.2) is 0 Å². The molecule has 0 bridgehead atoms. The standard InChI is InChI=1S/C54H35NOS/c1-2-16-36(17-3-1)39-18-4-5-19-41(39)42-20-6-7-21-43(42)44-22-8-11-28-49(44)55(50-29-15-27-48-46-24-10-13-31-52(46)57-54(48)50)38-34-32-37(33-35-38)40-25-14-26-47-45-23-9-12-30-51(45)56-53(40)47/h1-35H. The van der Waals surface area contributed by atoms with Crippen LogP contribution in [-0.4, -0.2) is 0 Å². The highest BCUT2D eigenvalue weighted by Gasteiger charge is 2.23. The Balaban J connectivity index is 1.12. The molecule has 2 nitrogen and oxygen atoms in total. The predicted molar refractivity (Wildman–Crippen MR) is 243 cm³/mol. The van der Waals surface area contributed by atoms with Crippen LogP contribution in [0.3, 0.4) is 0 Å². The summed E-state index contributed by atoms with van der Waals surface area (Å²) in [5.41, 5.74) is 14.5. The number of benzene rings is 9. The van der Waals surface area contributed by atoms with Crippen LogP contribution in [0.25, 0.3) is 86.6 Å². The van der Waals surface area contributed by atoms with Gasteiger partial charge in [-0.05, 0) is 69.8 Å². The molecule has 0 aliphatic rings. The SMILES string of the molecule is c1ccc(-c2ccccc2-c2ccccc2-c2ccccc2N(c2ccc(-c3cccc4c3oc3ccccc34)cc2)c2cccc3c2sc2ccccc23)cc1. The van der Waals surface area contributed by atoms with E-state index in [0.29, 0.717) is 0 Å². The number of furan rings is 1. The van der Waals surface area contributed by atoms with Crippen LogP contribution in [0, 0.1) is 0 Å². The fourth-order valence-electron chi connectivity index (χ4n) is 8.52. The van der Waals surface area contributed by atoms with Gasteiger partial charge in [0.2, 0.25) is 0 Å². The summed E-state index contributed by atoms with van der Waals surface area (Å²) in [5, 5.41) is 4.81. The van der Waals surface area contributed by atoms with Crippen molar-refractivity contribution in [2.75, 3.05) is 4.90 Å². The number of thiophene rings is 1. The lowest BCUT2D eigenvalue weighted by atomic mass is 9.88. The first kappa shape index (κ1) is 33.2. The van der Waals surface area contributed by atoms with Gasteiger partial charge in [0.05, 0.1) is 16.1 Å². The third-order valence-corrected chi connectivity index (χ3v) is 12.3. The molecule has 11 rings (SSSR count). The molecule has 3 heteroatoms. The zero-order valence-corrected chi connectivity index (χ0v) is 31.8. The Kier molecular flexibility index (Phi) is 8.04. The largest absolute Gasteiger partial charge is 0.455 e. The number of rotatable bonds is 7. The van der Waals surface area contributed by atoms with Gasteiger partial charge >= 0.3 is 0 Å². The van der Waals surface area contributed by atoms with Gasteiger partial charge < -0.3 is 9.32 Å². The number of hydrogen-bond acceptors (Lipinski definition) is 3. The van der Waals surface area contributed by atoms with E-state index in [1.54, 1.807) is 0 Å². The summed E-state index contributed by atoms with van der Waals surface area (Å²) >= 11 is 1.86. The summed E-state index contributed by atoms with van der Waals surface area (Å²) in [4.78, 5) is 2.46. The van der Waals surface area contributed by atoms with Crippen LogP contribution < -0.4 is 4.90 Å². The van der Waals surface area contributed by atoms with E-state index in [1.807, 2.05) is 23.5 Å². The van der Waals surface area contributed by atoms with Crippen LogP contribution in [0.4, 0.5) is 17.1 Å². The Morgan fingerprint density at radius 2 is 0.860 bits per heavy atom. The Labute approximate surface area is 335 Å². The summed E-state index contributed by atoms with van der Waals surface area (Å²) < 4.78 is 9.01. The van der Waals surface area contributed by atoms with Gasteiger partial charge in [0.1, 0.15) is 11.2 Å². The Bertz CT molecular complexity index is 3250. The molecule has 11 aromatic rings. The van der Waals surface area contributed by atoms with Crippen LogP contribution in [-0.2, 0) is 0 Å². The number of para-hydroxylation sites is 3. The van der Waals surface area contributed by atoms with Gasteiger partial charge in [-0.3, -0.25) is 0 Å². The third-order valence-electron chi connectivity index (χ3n) is 11.1. The maximum atomic E-state index is 6.47. The Morgan fingerprint density at radius 3 is 1.67 bits per heavy atom. The van der Waals surface area contributed by atoms with E-state index in [1.165, 1.54) is 48.0 Å². The minimum Gasteiger partial charge on any atom is -0.455 e. The van der Waals surface area contributed by atoms with Gasteiger partial charge in [-0.15, -0.1) is 11.3 Å². The highest BCUT2D eigenvalue weighted by atomic mass is 32.1. The van der Waals surface area contributed by atoms with Gasteiger partial charge in [-0.2, -0.15) is 0 Å². The van der Waals surface area contributed by atoms with Crippen molar-refractivity contribution in [1.82, 2.24) is 0 Å². The molecule has 0 saturated carbocycles. The van der Waals surface area contributed by atoms with Gasteiger partial charge in [0, 0.05) is 43.1 Å². The second-order valence-corrected chi connectivity index (χ2v) is 15.4. The summed E-state index contributed by atoms with van der Waals surface area (Å²) in [6, 6.07) is 76.4. The lowest BCUT2D eigenvalue weighted by molar-refractivity contribution is 0.670. The molecule has 0 aliphatic heterocycles. The molecule has 0 saturated heterocycles. The van der Waals surface area contributed by atoms with Crippen LogP contribution >= 0.6 is 11.3 Å². The number of anilines is 3. The van der Waals surface area contributed by atoms with Crippen molar-refractivity contribution in [3.05, 3.63) is 212 Å². The van der Waals surface area contributed by atoms with Crippen molar-refractivity contribution in [2.45, 2.75) is 0 Å². The van der Waals surface area contributed by atoms with Crippen LogP contribution in [0.2, 0.25) is 0 Å². The lowest BCUT2D eigenvalue weighted by Gasteiger charge is -2.29. The molecular weight excluding hydrogens is 711 g/mol. The predicted octanol–water partition coefficient (Wildman–Crippen LogP) is 16.1. The van der Waals surface area contributed by atoms with Crippen LogP contribution in [0.5, 0.6) is 0 Å². The van der Waals surface area contributed by atoms with Crippen molar-refractivity contribution in [2.24, 2.45) is 0 Å². The summed E-state index contributed by atoms with van der Waals surface area (Å²) in [7, 11) is 0. The highest BCUT2D eigenvalue weighted by Crippen LogP contribution is 2.49. The Hall–Kier alpha value is -7.20. The molecule has 0 radical (unpaired) electrons. The smallest absolute Gasteiger partial charge is 0.143 e. The maximum Gasteiger partial charge on any atom is 0.143 e. The highest BCUT2D eigenvalue weighted by molar-refractivity contribution is 7.26. The molecule has 57 heavy (non-hydrogen) atoms. The molecule has 268 valence electrons. The molecule has 0 unspecified atom stereocenters. The number of hydrogen-bond donors (Lipinski definition) is 0. The van der Waals surface area contributed by atoms with E-state index in [0.717, 1.165) is 55.7 Å². The molecule has 0 N–H and O–H groups in total. The van der Waals surface area contributed by atoms with E-state index in [4.69, 9.17) is 4.42 Å². The zero-order chi connectivity index (χ0) is 37.7. The molecule has 0 fully saturated rings. The van der Waals surface area contributed by atoms with Gasteiger partial charge in [0.25, 0.3) is 0 Å². The topological polar surface area (TPSA) is 16.4 Å². The van der Waals surface area contributed by atoms with E-state index in [9.17, 15) is 0 Å². The maximum absolute atomic E-state index is 6.47. The monoisotopic (exact) mass is 745 g/mol. The van der Waals surface area contributed by atoms with Crippen LogP contribution in [0.15, 0.2) is 217 Å². The second kappa shape index (κ2) is 13.8. The molecule has 0 aliphatic carbocycles. The summed E-state index contributed by atoms with van der Waals surface area (Å²) in [6.45, 7) is 0. The Morgan fingerprint density at radius 1 is 0.333 bits per heavy atom. The molecule has 9 aromatic carbocycles. The molecule has 2 aromatic heterocycles. The molecule has 0 amide bonds. The molecular formula is C54H35NOS. The van der Waals surface area contributed by atoms with E-state index >= 15 is 0 Å². The normalized spacial score (nSPS) is 11.5. The van der Waals surface area contributed by atoms with Crippen LogP contribution in [0.1, 0.15) is 0 Å². The third kappa shape index (κ3) is 5.63. The zero-order valence-electron chi connectivity index (χ0n) is 31.0. The molecule has 0 spiro atoms. The van der Waals surface area contributed by atoms with Crippen molar-refractivity contribution >= 4 is 70.5 Å². The minimum atomic E-state index is 0.905. The van der Waals surface area contributed by atoms with Crippen molar-refractivity contribution in [3.63, 3.8) is 0 Å². The lowest BCUT2D eigenvalue weighted by Crippen LogP contribution is -2.11.